The van der Waals surface area contributed by atoms with Gasteiger partial charge in [0.05, 0.1) is 12.8 Å². The Morgan fingerprint density at radius 1 is 1.59 bits per heavy atom. The number of rotatable bonds is 3. The van der Waals surface area contributed by atoms with Crippen molar-refractivity contribution >= 4 is 11.6 Å². The summed E-state index contributed by atoms with van der Waals surface area (Å²) in [6, 6.07) is 4.16. The highest BCUT2D eigenvalue weighted by Crippen LogP contribution is 2.33. The SMILES string of the molecule is C=CC1CC(=O)N(c2cc(F)ccc2OC)C1. The molecule has 90 valence electrons. The Kier molecular flexibility index (Phi) is 3.13. The van der Waals surface area contributed by atoms with Crippen molar-refractivity contribution in [3.8, 4) is 5.75 Å². The third kappa shape index (κ3) is 2.16. The number of nitrogens with zero attached hydrogens (tertiary/aromatic N) is 1. The summed E-state index contributed by atoms with van der Waals surface area (Å²) in [5.41, 5.74) is 0.488. The summed E-state index contributed by atoms with van der Waals surface area (Å²) in [6.07, 6.45) is 2.17. The van der Waals surface area contributed by atoms with Crippen molar-refractivity contribution in [3.05, 3.63) is 36.7 Å². The number of hydrogen-bond donors (Lipinski definition) is 0. The molecule has 1 aromatic carbocycles. The predicted molar refractivity (Wildman–Crippen MR) is 63.6 cm³/mol. The summed E-state index contributed by atoms with van der Waals surface area (Å²) in [7, 11) is 1.50. The lowest BCUT2D eigenvalue weighted by molar-refractivity contribution is -0.117. The maximum atomic E-state index is 13.2. The standard InChI is InChI=1S/C13H14FNO2/c1-3-9-6-13(16)15(8-9)11-7-10(14)4-5-12(11)17-2/h3-5,7,9H,1,6,8H2,2H3. The van der Waals surface area contributed by atoms with Gasteiger partial charge < -0.3 is 9.64 Å². The first-order valence-electron chi connectivity index (χ1n) is 5.42. The van der Waals surface area contributed by atoms with Crippen LogP contribution in [0.5, 0.6) is 5.75 Å². The normalized spacial score (nSPS) is 19.5. The van der Waals surface area contributed by atoms with Crippen LogP contribution in [0, 0.1) is 11.7 Å². The Balaban J connectivity index is 2.36. The number of carbonyl (C=O) groups is 1. The molecule has 0 aromatic heterocycles. The van der Waals surface area contributed by atoms with E-state index in [1.54, 1.807) is 11.0 Å². The molecule has 0 bridgehead atoms. The molecule has 0 radical (unpaired) electrons. The second kappa shape index (κ2) is 4.57. The first-order valence-corrected chi connectivity index (χ1v) is 5.42. The molecule has 1 fully saturated rings. The van der Waals surface area contributed by atoms with E-state index in [-0.39, 0.29) is 17.6 Å². The number of benzene rings is 1. The van der Waals surface area contributed by atoms with E-state index in [4.69, 9.17) is 4.74 Å². The van der Waals surface area contributed by atoms with Crippen LogP contribution < -0.4 is 9.64 Å². The first kappa shape index (κ1) is 11.6. The van der Waals surface area contributed by atoms with Gasteiger partial charge in [0.25, 0.3) is 0 Å². The Morgan fingerprint density at radius 3 is 2.94 bits per heavy atom. The minimum absolute atomic E-state index is 0.0289. The molecule has 1 aliphatic heterocycles. The van der Waals surface area contributed by atoms with Gasteiger partial charge in [-0.2, -0.15) is 0 Å². The summed E-state index contributed by atoms with van der Waals surface area (Å²) in [6.45, 7) is 4.21. The first-order chi connectivity index (χ1) is 8.15. The molecular weight excluding hydrogens is 221 g/mol. The number of carbonyl (C=O) groups excluding carboxylic acids is 1. The molecule has 1 unspecified atom stereocenters. The fourth-order valence-corrected chi connectivity index (χ4v) is 2.00. The molecule has 0 aliphatic carbocycles. The molecule has 3 nitrogen and oxygen atoms in total. The van der Waals surface area contributed by atoms with E-state index < -0.39 is 0 Å². The van der Waals surface area contributed by atoms with Gasteiger partial charge in [-0.25, -0.2) is 4.39 Å². The van der Waals surface area contributed by atoms with Crippen molar-refractivity contribution in [2.45, 2.75) is 6.42 Å². The van der Waals surface area contributed by atoms with Crippen LogP contribution in [0.25, 0.3) is 0 Å². The predicted octanol–water partition coefficient (Wildman–Crippen LogP) is 2.37. The summed E-state index contributed by atoms with van der Waals surface area (Å²) in [4.78, 5) is 13.4. The minimum atomic E-state index is -0.379. The van der Waals surface area contributed by atoms with Crippen molar-refractivity contribution in [2.24, 2.45) is 5.92 Å². The number of methoxy groups -OCH3 is 1. The third-order valence-electron chi connectivity index (χ3n) is 2.92. The molecule has 1 aromatic rings. The second-order valence-corrected chi connectivity index (χ2v) is 4.02. The van der Waals surface area contributed by atoms with Crippen molar-refractivity contribution in [1.82, 2.24) is 0 Å². The summed E-state index contributed by atoms with van der Waals surface area (Å²) in [5.74, 6) is 0.217. The Morgan fingerprint density at radius 2 is 2.35 bits per heavy atom. The zero-order valence-corrected chi connectivity index (χ0v) is 9.65. The molecule has 2 rings (SSSR count). The molecule has 1 heterocycles. The Hall–Kier alpha value is -1.84. The quantitative estimate of drug-likeness (QED) is 0.753. The molecule has 1 saturated heterocycles. The van der Waals surface area contributed by atoms with E-state index in [0.717, 1.165) is 0 Å². The number of anilines is 1. The molecule has 0 spiro atoms. The summed E-state index contributed by atoms with van der Waals surface area (Å²) in [5, 5.41) is 0. The zero-order chi connectivity index (χ0) is 12.4. The van der Waals surface area contributed by atoms with Crippen molar-refractivity contribution in [3.63, 3.8) is 0 Å². The van der Waals surface area contributed by atoms with Crippen LogP contribution in [0.15, 0.2) is 30.9 Å². The summed E-state index contributed by atoms with van der Waals surface area (Å²) < 4.78 is 18.4. The number of halogens is 1. The smallest absolute Gasteiger partial charge is 0.227 e. The van der Waals surface area contributed by atoms with E-state index in [1.807, 2.05) is 0 Å². The molecule has 1 aliphatic rings. The van der Waals surface area contributed by atoms with Gasteiger partial charge in [-0.15, -0.1) is 6.58 Å². The second-order valence-electron chi connectivity index (χ2n) is 4.02. The van der Waals surface area contributed by atoms with Gasteiger partial charge in [0.1, 0.15) is 11.6 Å². The number of amides is 1. The highest BCUT2D eigenvalue weighted by molar-refractivity contribution is 5.97. The lowest BCUT2D eigenvalue weighted by Gasteiger charge is -2.19. The maximum absolute atomic E-state index is 13.2. The largest absolute Gasteiger partial charge is 0.495 e. The van der Waals surface area contributed by atoms with Gasteiger partial charge >= 0.3 is 0 Å². The lowest BCUT2D eigenvalue weighted by atomic mass is 10.1. The number of ether oxygens (including phenoxy) is 1. The van der Waals surface area contributed by atoms with Crippen LogP contribution in [0.3, 0.4) is 0 Å². The van der Waals surface area contributed by atoms with E-state index in [2.05, 4.69) is 6.58 Å². The van der Waals surface area contributed by atoms with Crippen LogP contribution in [0.1, 0.15) is 6.42 Å². The maximum Gasteiger partial charge on any atom is 0.227 e. The molecule has 0 saturated carbocycles. The van der Waals surface area contributed by atoms with Crippen LogP contribution >= 0.6 is 0 Å². The lowest BCUT2D eigenvalue weighted by Crippen LogP contribution is -2.25. The highest BCUT2D eigenvalue weighted by Gasteiger charge is 2.30. The van der Waals surface area contributed by atoms with E-state index >= 15 is 0 Å². The topological polar surface area (TPSA) is 29.5 Å². The molecule has 4 heteroatoms. The third-order valence-corrected chi connectivity index (χ3v) is 2.92. The van der Waals surface area contributed by atoms with Gasteiger partial charge in [-0.1, -0.05) is 6.08 Å². The highest BCUT2D eigenvalue weighted by atomic mass is 19.1. The van der Waals surface area contributed by atoms with Gasteiger partial charge in [0, 0.05) is 24.9 Å². The molecule has 0 N–H and O–H groups in total. The van der Waals surface area contributed by atoms with Crippen molar-refractivity contribution < 1.29 is 13.9 Å². The van der Waals surface area contributed by atoms with Crippen LogP contribution in [-0.4, -0.2) is 19.6 Å². The molecule has 17 heavy (non-hydrogen) atoms. The Bertz CT molecular complexity index is 459. The van der Waals surface area contributed by atoms with Gasteiger partial charge in [0.15, 0.2) is 0 Å². The fraction of sp³-hybridized carbons (Fsp3) is 0.308. The van der Waals surface area contributed by atoms with Crippen LogP contribution in [0.2, 0.25) is 0 Å². The van der Waals surface area contributed by atoms with E-state index in [0.29, 0.717) is 24.4 Å². The average Bonchev–Trinajstić information content (AvgIpc) is 2.70. The van der Waals surface area contributed by atoms with E-state index in [9.17, 15) is 9.18 Å². The molecule has 1 atom stereocenters. The van der Waals surface area contributed by atoms with E-state index in [1.165, 1.54) is 25.3 Å². The molecular formula is C13H14FNO2. The zero-order valence-electron chi connectivity index (χ0n) is 9.65. The van der Waals surface area contributed by atoms with Gasteiger partial charge in [-0.3, -0.25) is 4.79 Å². The summed E-state index contributed by atoms with van der Waals surface area (Å²) >= 11 is 0. The van der Waals surface area contributed by atoms with Crippen LogP contribution in [-0.2, 0) is 4.79 Å². The Labute approximate surface area is 99.5 Å². The molecule has 1 amide bonds. The van der Waals surface area contributed by atoms with Gasteiger partial charge in [0.2, 0.25) is 5.91 Å². The van der Waals surface area contributed by atoms with Crippen molar-refractivity contribution in [1.29, 1.82) is 0 Å². The van der Waals surface area contributed by atoms with Gasteiger partial charge in [-0.05, 0) is 12.1 Å². The fourth-order valence-electron chi connectivity index (χ4n) is 2.00. The minimum Gasteiger partial charge on any atom is -0.495 e. The average molecular weight is 235 g/mol. The monoisotopic (exact) mass is 235 g/mol. The van der Waals surface area contributed by atoms with Crippen molar-refractivity contribution in [2.75, 3.05) is 18.6 Å². The van der Waals surface area contributed by atoms with Crippen LogP contribution in [0.4, 0.5) is 10.1 Å². The number of hydrogen-bond acceptors (Lipinski definition) is 2.